The number of aromatic nitrogens is 2. The van der Waals surface area contributed by atoms with Crippen LogP contribution in [0.3, 0.4) is 0 Å². The van der Waals surface area contributed by atoms with Gasteiger partial charge in [-0.25, -0.2) is 4.79 Å². The molecule has 0 radical (unpaired) electrons. The molecule has 0 aliphatic carbocycles. The average molecular weight is 435 g/mol. The SMILES string of the molecule is C=CCN1C(=O)NC(c2ccc(C)c(C)c2)C(c2nc(-c3cccc(Cl)c3)no2)=C1C. The number of halogens is 1. The van der Waals surface area contributed by atoms with Crippen molar-refractivity contribution >= 4 is 23.2 Å². The van der Waals surface area contributed by atoms with Crippen LogP contribution in [-0.2, 0) is 0 Å². The molecule has 2 amide bonds. The first-order chi connectivity index (χ1) is 14.9. The molecule has 0 saturated heterocycles. The first-order valence-electron chi connectivity index (χ1n) is 9.96. The summed E-state index contributed by atoms with van der Waals surface area (Å²) < 4.78 is 5.67. The van der Waals surface area contributed by atoms with Crippen LogP contribution in [0.4, 0.5) is 4.79 Å². The van der Waals surface area contributed by atoms with Crippen LogP contribution in [0.1, 0.15) is 35.5 Å². The Hall–Kier alpha value is -3.38. The normalized spacial score (nSPS) is 16.5. The molecule has 4 rings (SSSR count). The maximum Gasteiger partial charge on any atom is 0.322 e. The zero-order valence-electron chi connectivity index (χ0n) is 17.6. The number of rotatable bonds is 5. The van der Waals surface area contributed by atoms with Gasteiger partial charge in [0.05, 0.1) is 11.6 Å². The minimum absolute atomic E-state index is 0.195. The highest BCUT2D eigenvalue weighted by Crippen LogP contribution is 2.37. The van der Waals surface area contributed by atoms with Crippen molar-refractivity contribution in [1.29, 1.82) is 0 Å². The first kappa shape index (κ1) is 20.9. The van der Waals surface area contributed by atoms with Gasteiger partial charge in [-0.15, -0.1) is 6.58 Å². The Morgan fingerprint density at radius 3 is 2.71 bits per heavy atom. The molecular weight excluding hydrogens is 412 g/mol. The Bertz CT molecular complexity index is 1200. The molecule has 7 heteroatoms. The largest absolute Gasteiger partial charge is 0.334 e. The summed E-state index contributed by atoms with van der Waals surface area (Å²) in [6.07, 6.45) is 1.68. The summed E-state index contributed by atoms with van der Waals surface area (Å²) in [4.78, 5) is 19.1. The fourth-order valence-corrected chi connectivity index (χ4v) is 3.87. The molecule has 0 bridgehead atoms. The molecule has 0 fully saturated rings. The van der Waals surface area contributed by atoms with Gasteiger partial charge in [0.25, 0.3) is 5.89 Å². The van der Waals surface area contributed by atoms with Gasteiger partial charge >= 0.3 is 6.03 Å². The van der Waals surface area contributed by atoms with Crippen LogP contribution >= 0.6 is 11.6 Å². The summed E-state index contributed by atoms with van der Waals surface area (Å²) in [5, 5.41) is 7.83. The molecule has 31 heavy (non-hydrogen) atoms. The van der Waals surface area contributed by atoms with Gasteiger partial charge in [-0.2, -0.15) is 4.98 Å². The highest BCUT2D eigenvalue weighted by Gasteiger charge is 2.35. The van der Waals surface area contributed by atoms with Crippen molar-refractivity contribution < 1.29 is 9.32 Å². The van der Waals surface area contributed by atoms with Gasteiger partial charge in [0, 0.05) is 22.8 Å². The summed E-state index contributed by atoms with van der Waals surface area (Å²) in [5.74, 6) is 0.786. The zero-order chi connectivity index (χ0) is 22.1. The van der Waals surface area contributed by atoms with Gasteiger partial charge in [-0.3, -0.25) is 4.90 Å². The number of amides is 2. The third-order valence-corrected chi connectivity index (χ3v) is 5.75. The van der Waals surface area contributed by atoms with Crippen LogP contribution in [0.25, 0.3) is 17.0 Å². The molecule has 1 N–H and O–H groups in total. The van der Waals surface area contributed by atoms with E-state index < -0.39 is 6.04 Å². The average Bonchev–Trinajstić information content (AvgIpc) is 3.22. The fourth-order valence-electron chi connectivity index (χ4n) is 3.68. The molecule has 3 aromatic rings. The Morgan fingerprint density at radius 2 is 2.00 bits per heavy atom. The molecule has 1 atom stereocenters. The molecule has 1 aromatic heterocycles. The van der Waals surface area contributed by atoms with Crippen molar-refractivity contribution in [2.45, 2.75) is 26.8 Å². The van der Waals surface area contributed by atoms with Crippen LogP contribution in [-0.4, -0.2) is 27.6 Å². The first-order valence-corrected chi connectivity index (χ1v) is 10.3. The van der Waals surface area contributed by atoms with Crippen LogP contribution in [0.15, 0.2) is 65.3 Å². The third-order valence-electron chi connectivity index (χ3n) is 5.51. The number of benzene rings is 2. The Kier molecular flexibility index (Phi) is 5.65. The van der Waals surface area contributed by atoms with Crippen LogP contribution in [0.5, 0.6) is 0 Å². The zero-order valence-corrected chi connectivity index (χ0v) is 18.4. The number of urea groups is 1. The molecule has 6 nitrogen and oxygen atoms in total. The Balaban J connectivity index is 1.84. The molecule has 158 valence electrons. The molecule has 0 saturated carbocycles. The van der Waals surface area contributed by atoms with E-state index in [0.717, 1.165) is 28.0 Å². The molecule has 1 unspecified atom stereocenters. The summed E-state index contributed by atoms with van der Waals surface area (Å²) in [7, 11) is 0. The second-order valence-corrected chi connectivity index (χ2v) is 7.99. The van der Waals surface area contributed by atoms with Crippen LogP contribution in [0.2, 0.25) is 5.02 Å². The van der Waals surface area contributed by atoms with Crippen molar-refractivity contribution in [2.24, 2.45) is 0 Å². The van der Waals surface area contributed by atoms with Crippen molar-refractivity contribution in [2.75, 3.05) is 6.54 Å². The summed E-state index contributed by atoms with van der Waals surface area (Å²) >= 11 is 6.12. The van der Waals surface area contributed by atoms with E-state index in [-0.39, 0.29) is 6.03 Å². The van der Waals surface area contributed by atoms with E-state index in [9.17, 15) is 4.79 Å². The predicted octanol–water partition coefficient (Wildman–Crippen LogP) is 5.69. The molecule has 1 aliphatic rings. The summed E-state index contributed by atoms with van der Waals surface area (Å²) in [5.41, 5.74) is 5.53. The number of aryl methyl sites for hydroxylation is 2. The Labute approximate surface area is 186 Å². The fraction of sp³-hybridized carbons (Fsp3) is 0.208. The van der Waals surface area contributed by atoms with Gasteiger partial charge in [0.2, 0.25) is 5.82 Å². The number of carbonyl (C=O) groups is 1. The Morgan fingerprint density at radius 1 is 1.19 bits per heavy atom. The number of hydrogen-bond acceptors (Lipinski definition) is 4. The number of nitrogens with one attached hydrogen (secondary N) is 1. The monoisotopic (exact) mass is 434 g/mol. The minimum Gasteiger partial charge on any atom is -0.334 e. The summed E-state index contributed by atoms with van der Waals surface area (Å²) in [6.45, 7) is 10.1. The van der Waals surface area contributed by atoms with Crippen LogP contribution < -0.4 is 5.32 Å². The van der Waals surface area contributed by atoms with Gasteiger partial charge in [0.1, 0.15) is 0 Å². The second kappa shape index (κ2) is 8.40. The van der Waals surface area contributed by atoms with E-state index in [0.29, 0.717) is 23.3 Å². The third kappa shape index (κ3) is 3.99. The van der Waals surface area contributed by atoms with E-state index in [1.165, 1.54) is 5.56 Å². The predicted molar refractivity (Wildman–Crippen MR) is 121 cm³/mol. The van der Waals surface area contributed by atoms with E-state index in [1.807, 2.05) is 38.1 Å². The lowest BCUT2D eigenvalue weighted by Gasteiger charge is -2.34. The molecule has 2 aromatic carbocycles. The van der Waals surface area contributed by atoms with E-state index in [4.69, 9.17) is 16.1 Å². The van der Waals surface area contributed by atoms with Crippen LogP contribution in [0, 0.1) is 13.8 Å². The van der Waals surface area contributed by atoms with Gasteiger partial charge in [0.15, 0.2) is 0 Å². The lowest BCUT2D eigenvalue weighted by molar-refractivity contribution is 0.209. The highest BCUT2D eigenvalue weighted by molar-refractivity contribution is 6.30. The summed E-state index contributed by atoms with van der Waals surface area (Å²) in [6, 6.07) is 12.8. The molecule has 1 aliphatic heterocycles. The number of carbonyl (C=O) groups excluding carboxylic acids is 1. The lowest BCUT2D eigenvalue weighted by atomic mass is 9.92. The highest BCUT2D eigenvalue weighted by atomic mass is 35.5. The maximum absolute atomic E-state index is 12.8. The minimum atomic E-state index is -0.416. The quantitative estimate of drug-likeness (QED) is 0.523. The van der Waals surface area contributed by atoms with Gasteiger partial charge in [-0.05, 0) is 49.6 Å². The molecule has 0 spiro atoms. The molecule has 2 heterocycles. The standard InChI is InChI=1S/C24H23ClN4O2/c1-5-11-29-16(4)20(21(26-24(29)30)17-10-9-14(2)15(3)12-17)23-27-22(28-31-23)18-7-6-8-19(25)13-18/h5-10,12-13,21H,1,11H2,2-4H3,(H,26,30). The second-order valence-electron chi connectivity index (χ2n) is 7.56. The van der Waals surface area contributed by atoms with Gasteiger partial charge < -0.3 is 9.84 Å². The smallest absolute Gasteiger partial charge is 0.322 e. The van der Waals surface area contributed by atoms with Crippen molar-refractivity contribution in [3.8, 4) is 11.4 Å². The van der Waals surface area contributed by atoms with Gasteiger partial charge in [-0.1, -0.05) is 53.2 Å². The van der Waals surface area contributed by atoms with E-state index in [2.05, 4.69) is 35.0 Å². The van der Waals surface area contributed by atoms with Crippen molar-refractivity contribution in [3.05, 3.63) is 88.4 Å². The number of nitrogens with zero attached hydrogens (tertiary/aromatic N) is 3. The molecular formula is C24H23ClN4O2. The van der Waals surface area contributed by atoms with E-state index in [1.54, 1.807) is 23.1 Å². The maximum atomic E-state index is 12.8. The topological polar surface area (TPSA) is 71.3 Å². The van der Waals surface area contributed by atoms with Crippen molar-refractivity contribution in [1.82, 2.24) is 20.4 Å². The lowest BCUT2D eigenvalue weighted by Crippen LogP contribution is -2.46. The van der Waals surface area contributed by atoms with E-state index >= 15 is 0 Å². The van der Waals surface area contributed by atoms with Crippen molar-refractivity contribution in [3.63, 3.8) is 0 Å². The number of hydrogen-bond donors (Lipinski definition) is 1. The number of allylic oxidation sites excluding steroid dienone is 1.